The van der Waals surface area contributed by atoms with Crippen molar-refractivity contribution < 1.29 is 19.1 Å². The van der Waals surface area contributed by atoms with Crippen LogP contribution in [0.25, 0.3) is 10.8 Å². The van der Waals surface area contributed by atoms with Crippen LogP contribution in [0.3, 0.4) is 0 Å². The highest BCUT2D eigenvalue weighted by molar-refractivity contribution is 5.99. The van der Waals surface area contributed by atoms with E-state index in [1.807, 2.05) is 43.0 Å². The number of carbonyl (C=O) groups excluding carboxylic acids is 2. The average molecular weight is 480 g/mol. The smallest absolute Gasteiger partial charge is 0.311 e. The van der Waals surface area contributed by atoms with E-state index >= 15 is 0 Å². The molecule has 2 aromatic carbocycles. The highest BCUT2D eigenvalue weighted by Crippen LogP contribution is 2.39. The molecule has 1 saturated carbocycles. The number of hydrogen-bond donors (Lipinski definition) is 0. The summed E-state index contributed by atoms with van der Waals surface area (Å²) in [6.45, 7) is 12.3. The lowest BCUT2D eigenvalue weighted by atomic mass is 9.72. The van der Waals surface area contributed by atoms with E-state index in [1.165, 1.54) is 12.8 Å². The lowest BCUT2D eigenvalue weighted by Gasteiger charge is -2.37. The molecule has 5 nitrogen and oxygen atoms in total. The van der Waals surface area contributed by atoms with Crippen molar-refractivity contribution >= 4 is 22.6 Å². The van der Waals surface area contributed by atoms with Crippen LogP contribution in [0.15, 0.2) is 36.4 Å². The zero-order valence-electron chi connectivity index (χ0n) is 22.1. The topological polar surface area (TPSA) is 55.8 Å². The lowest BCUT2D eigenvalue weighted by molar-refractivity contribution is -0.156. The SMILES string of the molecule is CCOC(=O)C1(C)CCN(C(=O)c2ccc3cc(O[C@H]4CC[C@H](C(C)(C)C)CC4)ccc3c2)CC1. The van der Waals surface area contributed by atoms with E-state index < -0.39 is 5.41 Å². The first-order valence-electron chi connectivity index (χ1n) is 13.3. The maximum atomic E-state index is 13.2. The van der Waals surface area contributed by atoms with Crippen molar-refractivity contribution in [1.29, 1.82) is 0 Å². The van der Waals surface area contributed by atoms with E-state index in [4.69, 9.17) is 9.47 Å². The van der Waals surface area contributed by atoms with Gasteiger partial charge in [-0.1, -0.05) is 32.9 Å². The summed E-state index contributed by atoms with van der Waals surface area (Å²) in [6.07, 6.45) is 6.21. The van der Waals surface area contributed by atoms with E-state index in [2.05, 4.69) is 32.9 Å². The third-order valence-corrected chi connectivity index (χ3v) is 8.18. The van der Waals surface area contributed by atoms with E-state index in [0.717, 1.165) is 35.3 Å². The molecule has 2 aliphatic rings. The number of rotatable bonds is 5. The van der Waals surface area contributed by atoms with Crippen LogP contribution in [0.4, 0.5) is 0 Å². The molecule has 1 saturated heterocycles. The Hall–Kier alpha value is -2.56. The number of piperidine rings is 1. The van der Waals surface area contributed by atoms with Gasteiger partial charge in [0.1, 0.15) is 5.75 Å². The average Bonchev–Trinajstić information content (AvgIpc) is 2.84. The van der Waals surface area contributed by atoms with Gasteiger partial charge in [0.25, 0.3) is 5.91 Å². The van der Waals surface area contributed by atoms with Crippen molar-refractivity contribution in [3.63, 3.8) is 0 Å². The fourth-order valence-electron chi connectivity index (χ4n) is 5.56. The molecule has 1 amide bonds. The molecule has 0 N–H and O–H groups in total. The molecule has 0 atom stereocenters. The van der Waals surface area contributed by atoms with Crippen LogP contribution in [0.2, 0.25) is 0 Å². The maximum Gasteiger partial charge on any atom is 0.311 e. The number of benzene rings is 2. The van der Waals surface area contributed by atoms with E-state index in [0.29, 0.717) is 43.5 Å². The predicted octanol–water partition coefficient (Wildman–Crippen LogP) is 6.63. The summed E-state index contributed by atoms with van der Waals surface area (Å²) in [6, 6.07) is 12.1. The highest BCUT2D eigenvalue weighted by atomic mass is 16.5. The molecule has 35 heavy (non-hydrogen) atoms. The van der Waals surface area contributed by atoms with Gasteiger partial charge in [-0.25, -0.2) is 0 Å². The van der Waals surface area contributed by atoms with Crippen molar-refractivity contribution in [2.24, 2.45) is 16.7 Å². The Kier molecular flexibility index (Phi) is 7.44. The molecule has 2 aromatic rings. The van der Waals surface area contributed by atoms with Crippen LogP contribution in [0.1, 0.15) is 83.5 Å². The number of esters is 1. The Balaban J connectivity index is 1.37. The second-order valence-corrected chi connectivity index (χ2v) is 11.8. The number of carbonyl (C=O) groups is 2. The quantitative estimate of drug-likeness (QED) is 0.452. The second kappa shape index (κ2) is 10.2. The van der Waals surface area contributed by atoms with Gasteiger partial charge >= 0.3 is 5.97 Å². The molecule has 1 heterocycles. The fraction of sp³-hybridized carbons (Fsp3) is 0.600. The van der Waals surface area contributed by atoms with Crippen molar-refractivity contribution in [2.75, 3.05) is 19.7 Å². The van der Waals surface area contributed by atoms with Crippen LogP contribution in [-0.4, -0.2) is 42.6 Å². The molecule has 4 rings (SSSR count). The van der Waals surface area contributed by atoms with Gasteiger partial charge in [-0.3, -0.25) is 9.59 Å². The Morgan fingerprint density at radius 1 is 0.971 bits per heavy atom. The number of ether oxygens (including phenoxy) is 2. The summed E-state index contributed by atoms with van der Waals surface area (Å²) in [4.78, 5) is 27.3. The molecular formula is C30H41NO4. The molecule has 0 aromatic heterocycles. The standard InChI is InChI=1S/C30H41NO4/c1-6-34-28(33)30(5)15-17-31(18-16-30)27(32)23-8-7-22-20-26(12-9-21(22)19-23)35-25-13-10-24(11-14-25)29(2,3)4/h7-9,12,19-20,24-25H,6,10-11,13-18H2,1-5H3/t24-,25-. The molecule has 0 bridgehead atoms. The first-order chi connectivity index (χ1) is 16.6. The van der Waals surface area contributed by atoms with Crippen molar-refractivity contribution in [1.82, 2.24) is 4.90 Å². The monoisotopic (exact) mass is 479 g/mol. The molecule has 5 heteroatoms. The minimum atomic E-state index is -0.501. The van der Waals surface area contributed by atoms with Crippen LogP contribution >= 0.6 is 0 Å². The first kappa shape index (κ1) is 25.5. The maximum absolute atomic E-state index is 13.2. The third-order valence-electron chi connectivity index (χ3n) is 8.18. The predicted molar refractivity (Wildman–Crippen MR) is 140 cm³/mol. The lowest BCUT2D eigenvalue weighted by Crippen LogP contribution is -2.45. The van der Waals surface area contributed by atoms with Crippen molar-refractivity contribution in [3.8, 4) is 5.75 Å². The first-order valence-corrected chi connectivity index (χ1v) is 13.3. The molecule has 0 radical (unpaired) electrons. The van der Waals surface area contributed by atoms with Crippen LogP contribution in [-0.2, 0) is 9.53 Å². The van der Waals surface area contributed by atoms with E-state index in [9.17, 15) is 9.59 Å². The van der Waals surface area contributed by atoms with Crippen LogP contribution in [0, 0.1) is 16.7 Å². The van der Waals surface area contributed by atoms with Crippen molar-refractivity contribution in [3.05, 3.63) is 42.0 Å². The number of fused-ring (bicyclic) bond motifs is 1. The van der Waals surface area contributed by atoms with Gasteiger partial charge in [0.05, 0.1) is 18.1 Å². The number of likely N-dealkylation sites (tertiary alicyclic amines) is 1. The molecule has 190 valence electrons. The zero-order chi connectivity index (χ0) is 25.2. The highest BCUT2D eigenvalue weighted by Gasteiger charge is 2.39. The third kappa shape index (κ3) is 5.82. The zero-order valence-corrected chi connectivity index (χ0v) is 22.1. The Bertz CT molecular complexity index is 1050. The molecule has 2 fully saturated rings. The molecule has 1 aliphatic carbocycles. The van der Waals surface area contributed by atoms with Gasteiger partial charge in [0, 0.05) is 18.7 Å². The Labute approximate surface area is 210 Å². The summed E-state index contributed by atoms with van der Waals surface area (Å²) in [5.41, 5.74) is 0.558. The van der Waals surface area contributed by atoms with Gasteiger partial charge in [-0.15, -0.1) is 0 Å². The summed E-state index contributed by atoms with van der Waals surface area (Å²) >= 11 is 0. The summed E-state index contributed by atoms with van der Waals surface area (Å²) < 4.78 is 11.6. The number of nitrogens with zero attached hydrogens (tertiary/aromatic N) is 1. The fourth-order valence-corrected chi connectivity index (χ4v) is 5.56. The van der Waals surface area contributed by atoms with Crippen molar-refractivity contribution in [2.45, 2.75) is 79.2 Å². The van der Waals surface area contributed by atoms with Crippen LogP contribution in [0.5, 0.6) is 5.75 Å². The largest absolute Gasteiger partial charge is 0.490 e. The Morgan fingerprint density at radius 2 is 1.60 bits per heavy atom. The summed E-state index contributed by atoms with van der Waals surface area (Å²) in [5, 5.41) is 2.11. The minimum Gasteiger partial charge on any atom is -0.490 e. The van der Waals surface area contributed by atoms with Gasteiger partial charge in [-0.05, 0) is 98.7 Å². The summed E-state index contributed by atoms with van der Waals surface area (Å²) in [5.74, 6) is 1.55. The number of hydrogen-bond acceptors (Lipinski definition) is 4. The minimum absolute atomic E-state index is 0.0220. The normalized spacial score (nSPS) is 22.6. The number of amides is 1. The van der Waals surface area contributed by atoms with E-state index in [-0.39, 0.29) is 18.0 Å². The molecule has 0 unspecified atom stereocenters. The Morgan fingerprint density at radius 3 is 2.23 bits per heavy atom. The molecule has 1 aliphatic heterocycles. The summed E-state index contributed by atoms with van der Waals surface area (Å²) in [7, 11) is 0. The van der Waals surface area contributed by atoms with Gasteiger partial charge in [-0.2, -0.15) is 0 Å². The van der Waals surface area contributed by atoms with Gasteiger partial charge in [0.2, 0.25) is 0 Å². The van der Waals surface area contributed by atoms with Crippen LogP contribution < -0.4 is 4.74 Å². The van der Waals surface area contributed by atoms with E-state index in [1.54, 1.807) is 0 Å². The molecule has 0 spiro atoms. The second-order valence-electron chi connectivity index (χ2n) is 11.8. The van der Waals surface area contributed by atoms with Gasteiger partial charge in [0.15, 0.2) is 0 Å². The molecular weight excluding hydrogens is 438 g/mol. The van der Waals surface area contributed by atoms with Gasteiger partial charge < -0.3 is 14.4 Å².